The molecule has 4 heteroatoms. The maximum Gasteiger partial charge on any atom is 0.240 e. The third kappa shape index (κ3) is 4.94. The van der Waals surface area contributed by atoms with Gasteiger partial charge in [-0.15, -0.1) is 0 Å². The van der Waals surface area contributed by atoms with E-state index in [0.29, 0.717) is 13.0 Å². The molecule has 4 N–H and O–H groups in total. The summed E-state index contributed by atoms with van der Waals surface area (Å²) in [5, 5.41) is 12.7. The van der Waals surface area contributed by atoms with Crippen molar-refractivity contribution in [2.75, 3.05) is 6.54 Å². The Kier molecular flexibility index (Phi) is 5.17. The van der Waals surface area contributed by atoms with E-state index in [4.69, 9.17) is 5.73 Å². The second-order valence-electron chi connectivity index (χ2n) is 6.85. The molecule has 1 rings (SSSR count). The quantitative estimate of drug-likeness (QED) is 0.714. The normalized spacial score (nSPS) is 21.4. The second kappa shape index (κ2) is 6.02. The molecule has 1 saturated carbocycles. The summed E-state index contributed by atoms with van der Waals surface area (Å²) in [6.07, 6.45) is 4.90. The van der Waals surface area contributed by atoms with Crippen LogP contribution in [0.25, 0.3) is 0 Å². The molecule has 0 aromatic carbocycles. The number of aliphatic hydroxyl groups is 1. The molecule has 1 atom stereocenters. The number of hydrogen-bond donors (Lipinski definition) is 3. The summed E-state index contributed by atoms with van der Waals surface area (Å²) < 4.78 is 0. The summed E-state index contributed by atoms with van der Waals surface area (Å²) in [4.78, 5) is 12.0. The highest BCUT2D eigenvalue weighted by Crippen LogP contribution is 2.26. The third-order valence-electron chi connectivity index (χ3n) is 3.54. The summed E-state index contributed by atoms with van der Waals surface area (Å²) >= 11 is 0. The van der Waals surface area contributed by atoms with Crippen LogP contribution in [0.15, 0.2) is 0 Å². The van der Waals surface area contributed by atoms with Crippen LogP contribution in [0.1, 0.15) is 59.3 Å². The van der Waals surface area contributed by atoms with E-state index < -0.39 is 11.6 Å². The highest BCUT2D eigenvalue weighted by molar-refractivity contribution is 5.86. The average Bonchev–Trinajstić information content (AvgIpc) is 2.24. The van der Waals surface area contributed by atoms with Crippen molar-refractivity contribution in [3.05, 3.63) is 0 Å². The molecule has 0 aromatic rings. The summed E-state index contributed by atoms with van der Waals surface area (Å²) in [5.41, 5.74) is 5.48. The Morgan fingerprint density at radius 1 is 1.33 bits per heavy atom. The van der Waals surface area contributed by atoms with Crippen LogP contribution in [0.5, 0.6) is 0 Å². The number of amides is 1. The van der Waals surface area contributed by atoms with Gasteiger partial charge in [-0.1, -0.05) is 40.0 Å². The van der Waals surface area contributed by atoms with E-state index in [1.54, 1.807) is 0 Å². The average molecular weight is 256 g/mol. The SMILES string of the molecule is CC(C)(C)CC(O)CNC(=O)C1(N)CCCCC1. The standard InChI is InChI=1S/C14H28N2O2/c1-13(2,3)9-11(17)10-16-12(18)14(15)7-5-4-6-8-14/h11,17H,4-10,15H2,1-3H3,(H,16,18). The Balaban J connectivity index is 2.36. The van der Waals surface area contributed by atoms with Crippen molar-refractivity contribution in [2.45, 2.75) is 70.9 Å². The van der Waals surface area contributed by atoms with Crippen molar-refractivity contribution >= 4 is 5.91 Å². The summed E-state index contributed by atoms with van der Waals surface area (Å²) in [7, 11) is 0. The van der Waals surface area contributed by atoms with Gasteiger partial charge in [-0.2, -0.15) is 0 Å². The van der Waals surface area contributed by atoms with Gasteiger partial charge < -0.3 is 16.2 Å². The van der Waals surface area contributed by atoms with Crippen molar-refractivity contribution < 1.29 is 9.90 Å². The first-order valence-corrected chi connectivity index (χ1v) is 6.98. The van der Waals surface area contributed by atoms with Crippen molar-refractivity contribution in [1.29, 1.82) is 0 Å². The lowest BCUT2D eigenvalue weighted by Gasteiger charge is -2.32. The number of nitrogens with one attached hydrogen (secondary N) is 1. The van der Waals surface area contributed by atoms with E-state index in [-0.39, 0.29) is 11.3 Å². The fourth-order valence-corrected chi connectivity index (χ4v) is 2.58. The van der Waals surface area contributed by atoms with Crippen LogP contribution in [0, 0.1) is 5.41 Å². The van der Waals surface area contributed by atoms with E-state index in [2.05, 4.69) is 26.1 Å². The fourth-order valence-electron chi connectivity index (χ4n) is 2.58. The molecule has 0 heterocycles. The van der Waals surface area contributed by atoms with Gasteiger partial charge in [-0.3, -0.25) is 4.79 Å². The van der Waals surface area contributed by atoms with E-state index in [1.807, 2.05) is 0 Å². The largest absolute Gasteiger partial charge is 0.391 e. The molecule has 0 aromatic heterocycles. The van der Waals surface area contributed by atoms with Crippen LogP contribution < -0.4 is 11.1 Å². The van der Waals surface area contributed by atoms with Crippen LogP contribution >= 0.6 is 0 Å². The third-order valence-corrected chi connectivity index (χ3v) is 3.54. The molecule has 1 unspecified atom stereocenters. The van der Waals surface area contributed by atoms with E-state index in [9.17, 15) is 9.90 Å². The Labute approximate surface area is 110 Å². The molecule has 0 saturated heterocycles. The lowest BCUT2D eigenvalue weighted by Crippen LogP contribution is -2.56. The lowest BCUT2D eigenvalue weighted by atomic mass is 9.82. The molecule has 1 aliphatic rings. The van der Waals surface area contributed by atoms with Gasteiger partial charge in [0.25, 0.3) is 0 Å². The minimum Gasteiger partial charge on any atom is -0.391 e. The second-order valence-corrected chi connectivity index (χ2v) is 6.85. The van der Waals surface area contributed by atoms with Crippen molar-refractivity contribution in [1.82, 2.24) is 5.32 Å². The molecule has 18 heavy (non-hydrogen) atoms. The number of rotatable bonds is 4. The minimum absolute atomic E-state index is 0.0649. The molecule has 0 bridgehead atoms. The zero-order chi connectivity index (χ0) is 13.8. The molecule has 106 valence electrons. The summed E-state index contributed by atoms with van der Waals surface area (Å²) in [5.74, 6) is -0.102. The van der Waals surface area contributed by atoms with E-state index >= 15 is 0 Å². The zero-order valence-electron chi connectivity index (χ0n) is 12.0. The van der Waals surface area contributed by atoms with Gasteiger partial charge in [0.2, 0.25) is 5.91 Å². The van der Waals surface area contributed by atoms with Crippen LogP contribution in [0.2, 0.25) is 0 Å². The maximum absolute atomic E-state index is 12.0. The molecule has 4 nitrogen and oxygen atoms in total. The van der Waals surface area contributed by atoms with Gasteiger partial charge in [0.05, 0.1) is 11.6 Å². The smallest absolute Gasteiger partial charge is 0.240 e. The number of nitrogens with two attached hydrogens (primary N) is 1. The monoisotopic (exact) mass is 256 g/mol. The highest BCUT2D eigenvalue weighted by atomic mass is 16.3. The number of carbonyl (C=O) groups is 1. The first-order valence-electron chi connectivity index (χ1n) is 6.98. The van der Waals surface area contributed by atoms with E-state index in [0.717, 1.165) is 25.7 Å². The van der Waals surface area contributed by atoms with Gasteiger partial charge in [-0.05, 0) is 24.7 Å². The highest BCUT2D eigenvalue weighted by Gasteiger charge is 2.35. The van der Waals surface area contributed by atoms with Crippen LogP contribution in [0.4, 0.5) is 0 Å². The fraction of sp³-hybridized carbons (Fsp3) is 0.929. The molecular formula is C14H28N2O2. The number of carbonyl (C=O) groups excluding carboxylic acids is 1. The van der Waals surface area contributed by atoms with Gasteiger partial charge >= 0.3 is 0 Å². The van der Waals surface area contributed by atoms with Gasteiger partial charge in [0.1, 0.15) is 0 Å². The predicted molar refractivity (Wildman–Crippen MR) is 73.1 cm³/mol. The molecule has 1 amide bonds. The van der Waals surface area contributed by atoms with Gasteiger partial charge in [0.15, 0.2) is 0 Å². The zero-order valence-corrected chi connectivity index (χ0v) is 12.0. The summed E-state index contributed by atoms with van der Waals surface area (Å²) in [6, 6.07) is 0. The maximum atomic E-state index is 12.0. The topological polar surface area (TPSA) is 75.3 Å². The Morgan fingerprint density at radius 2 is 1.89 bits per heavy atom. The Morgan fingerprint density at radius 3 is 2.39 bits per heavy atom. The molecule has 0 aliphatic heterocycles. The molecule has 1 aliphatic carbocycles. The molecule has 1 fully saturated rings. The minimum atomic E-state index is -0.709. The van der Waals surface area contributed by atoms with Crippen LogP contribution in [-0.4, -0.2) is 29.2 Å². The van der Waals surface area contributed by atoms with Crippen molar-refractivity contribution in [2.24, 2.45) is 11.1 Å². The van der Waals surface area contributed by atoms with E-state index in [1.165, 1.54) is 6.42 Å². The van der Waals surface area contributed by atoms with Crippen LogP contribution in [0.3, 0.4) is 0 Å². The van der Waals surface area contributed by atoms with Crippen LogP contribution in [-0.2, 0) is 4.79 Å². The predicted octanol–water partition coefficient (Wildman–Crippen LogP) is 1.56. The van der Waals surface area contributed by atoms with Crippen molar-refractivity contribution in [3.63, 3.8) is 0 Å². The Hall–Kier alpha value is -0.610. The first kappa shape index (κ1) is 15.4. The molecule has 0 radical (unpaired) electrons. The van der Waals surface area contributed by atoms with Crippen molar-refractivity contribution in [3.8, 4) is 0 Å². The number of aliphatic hydroxyl groups excluding tert-OH is 1. The lowest BCUT2D eigenvalue weighted by molar-refractivity contribution is -0.128. The van der Waals surface area contributed by atoms with Gasteiger partial charge in [-0.25, -0.2) is 0 Å². The summed E-state index contributed by atoms with van der Waals surface area (Å²) in [6.45, 7) is 6.52. The molecule has 0 spiro atoms. The van der Waals surface area contributed by atoms with Gasteiger partial charge in [0, 0.05) is 6.54 Å². The Bertz CT molecular complexity index is 278. The molecular weight excluding hydrogens is 228 g/mol. The first-order chi connectivity index (χ1) is 8.23. The number of hydrogen-bond acceptors (Lipinski definition) is 3.